The van der Waals surface area contributed by atoms with E-state index in [0.717, 1.165) is 0 Å². The van der Waals surface area contributed by atoms with Crippen LogP contribution in [0, 0.1) is 5.82 Å². The Hall–Kier alpha value is -1.73. The van der Waals surface area contributed by atoms with Gasteiger partial charge in [0.25, 0.3) is 0 Å². The minimum Gasteiger partial charge on any atom is -0.369 e. The smallest absolute Gasteiger partial charge is 0.159 e. The maximum absolute atomic E-state index is 13.4. The first-order valence-corrected chi connectivity index (χ1v) is 6.46. The van der Waals surface area contributed by atoms with Gasteiger partial charge in [-0.25, -0.2) is 20.2 Å². The normalized spacial score (nSPS) is 10.3. The number of nitrogens with one attached hydrogen (secondary N) is 2. The van der Waals surface area contributed by atoms with Crippen LogP contribution in [0.2, 0.25) is 0 Å². The van der Waals surface area contributed by atoms with Crippen LogP contribution in [0.25, 0.3) is 0 Å². The summed E-state index contributed by atoms with van der Waals surface area (Å²) in [5, 5.41) is 3.10. The van der Waals surface area contributed by atoms with Crippen molar-refractivity contribution in [2.45, 2.75) is 6.42 Å². The quantitative estimate of drug-likeness (QED) is 0.581. The molecule has 0 amide bonds. The first-order valence-electron chi connectivity index (χ1n) is 5.66. The van der Waals surface area contributed by atoms with Gasteiger partial charge in [-0.05, 0) is 34.0 Å². The molecule has 0 fully saturated rings. The molecule has 0 aliphatic rings. The van der Waals surface area contributed by atoms with E-state index in [1.54, 1.807) is 12.1 Å². The van der Waals surface area contributed by atoms with Gasteiger partial charge in [0.1, 0.15) is 22.4 Å². The van der Waals surface area contributed by atoms with Gasteiger partial charge in [-0.15, -0.1) is 0 Å². The highest BCUT2D eigenvalue weighted by atomic mass is 79.9. The predicted molar refractivity (Wildman–Crippen MR) is 76.1 cm³/mol. The Balaban J connectivity index is 1.98. The summed E-state index contributed by atoms with van der Waals surface area (Å²) >= 11 is 3.34. The molecule has 0 atom stereocenters. The maximum atomic E-state index is 13.4. The molecule has 0 saturated carbocycles. The van der Waals surface area contributed by atoms with Gasteiger partial charge in [0.05, 0.1) is 0 Å². The van der Waals surface area contributed by atoms with Crippen molar-refractivity contribution in [2.75, 3.05) is 17.3 Å². The molecule has 100 valence electrons. The van der Waals surface area contributed by atoms with Crippen molar-refractivity contribution < 1.29 is 4.39 Å². The fourth-order valence-electron chi connectivity index (χ4n) is 1.61. The van der Waals surface area contributed by atoms with E-state index >= 15 is 0 Å². The van der Waals surface area contributed by atoms with Gasteiger partial charge < -0.3 is 10.7 Å². The molecule has 1 aromatic heterocycles. The van der Waals surface area contributed by atoms with Crippen LogP contribution in [-0.2, 0) is 6.42 Å². The van der Waals surface area contributed by atoms with Crippen LogP contribution in [-0.4, -0.2) is 16.5 Å². The molecular weight excluding hydrogens is 313 g/mol. The minimum atomic E-state index is -0.199. The van der Waals surface area contributed by atoms with Gasteiger partial charge in [-0.2, -0.15) is 0 Å². The Labute approximate surface area is 118 Å². The van der Waals surface area contributed by atoms with Crippen LogP contribution in [0.3, 0.4) is 0 Å². The molecule has 1 aromatic carbocycles. The monoisotopic (exact) mass is 325 g/mol. The molecule has 0 spiro atoms. The largest absolute Gasteiger partial charge is 0.369 e. The third-order valence-electron chi connectivity index (χ3n) is 2.57. The number of aromatic nitrogens is 2. The number of anilines is 2. The molecular formula is C12H13BrFN5. The average molecular weight is 326 g/mol. The molecule has 4 N–H and O–H groups in total. The number of nitrogen functional groups attached to an aromatic ring is 1. The van der Waals surface area contributed by atoms with E-state index in [1.165, 1.54) is 12.4 Å². The zero-order valence-electron chi connectivity index (χ0n) is 10.0. The molecule has 2 aromatic rings. The first-order chi connectivity index (χ1) is 9.22. The van der Waals surface area contributed by atoms with Crippen LogP contribution in [0.15, 0.2) is 35.1 Å². The van der Waals surface area contributed by atoms with Crippen LogP contribution < -0.4 is 16.6 Å². The second-order valence-electron chi connectivity index (χ2n) is 3.80. The molecule has 0 radical (unpaired) electrons. The van der Waals surface area contributed by atoms with Gasteiger partial charge in [0.2, 0.25) is 0 Å². The third kappa shape index (κ3) is 3.39. The lowest BCUT2D eigenvalue weighted by molar-refractivity contribution is 0.610. The molecule has 2 rings (SSSR count). The topological polar surface area (TPSA) is 75.9 Å². The zero-order chi connectivity index (χ0) is 13.7. The molecule has 0 bridgehead atoms. The van der Waals surface area contributed by atoms with Crippen molar-refractivity contribution in [3.63, 3.8) is 0 Å². The molecule has 5 nitrogen and oxygen atoms in total. The van der Waals surface area contributed by atoms with Crippen LogP contribution in [0.1, 0.15) is 5.56 Å². The molecule has 0 aliphatic carbocycles. The first kappa shape index (κ1) is 13.7. The number of nitrogens with zero attached hydrogens (tertiary/aromatic N) is 2. The number of halogens is 2. The van der Waals surface area contributed by atoms with Gasteiger partial charge in [-0.3, -0.25) is 0 Å². The van der Waals surface area contributed by atoms with Gasteiger partial charge in [0.15, 0.2) is 5.82 Å². The van der Waals surface area contributed by atoms with Crippen molar-refractivity contribution in [2.24, 2.45) is 5.84 Å². The summed E-state index contributed by atoms with van der Waals surface area (Å²) in [5.74, 6) is 6.21. The van der Waals surface area contributed by atoms with Crippen molar-refractivity contribution >= 4 is 27.6 Å². The highest BCUT2D eigenvalue weighted by Gasteiger charge is 2.07. The van der Waals surface area contributed by atoms with Crippen molar-refractivity contribution in [3.8, 4) is 0 Å². The van der Waals surface area contributed by atoms with E-state index in [2.05, 4.69) is 36.6 Å². The van der Waals surface area contributed by atoms with E-state index in [0.29, 0.717) is 34.6 Å². The van der Waals surface area contributed by atoms with Gasteiger partial charge >= 0.3 is 0 Å². The van der Waals surface area contributed by atoms with E-state index in [-0.39, 0.29) is 5.82 Å². The minimum absolute atomic E-state index is 0.199. The summed E-state index contributed by atoms with van der Waals surface area (Å²) in [5.41, 5.74) is 3.12. The lowest BCUT2D eigenvalue weighted by atomic mass is 10.1. The van der Waals surface area contributed by atoms with E-state index < -0.39 is 0 Å². The van der Waals surface area contributed by atoms with Gasteiger partial charge in [0, 0.05) is 6.54 Å². The van der Waals surface area contributed by atoms with Crippen molar-refractivity contribution in [1.82, 2.24) is 9.97 Å². The predicted octanol–water partition coefficient (Wildman–Crippen LogP) is 2.32. The lowest BCUT2D eigenvalue weighted by Crippen LogP contribution is -2.12. The van der Waals surface area contributed by atoms with E-state index in [9.17, 15) is 4.39 Å². The number of hydrazine groups is 1. The van der Waals surface area contributed by atoms with Crippen LogP contribution in [0.4, 0.5) is 16.0 Å². The standard InChI is InChI=1S/C12H13BrFN5/c13-10-11(17-7-18-12(10)19-15)16-6-5-8-3-1-2-4-9(8)14/h1-4,7H,5-6,15H2,(H2,16,17,18,19). The van der Waals surface area contributed by atoms with Crippen molar-refractivity contribution in [1.29, 1.82) is 0 Å². The Morgan fingerprint density at radius 3 is 2.68 bits per heavy atom. The summed E-state index contributed by atoms with van der Waals surface area (Å²) in [6.07, 6.45) is 1.96. The summed E-state index contributed by atoms with van der Waals surface area (Å²) < 4.78 is 14.1. The Kier molecular flexibility index (Phi) is 4.64. The second-order valence-corrected chi connectivity index (χ2v) is 4.59. The second kappa shape index (κ2) is 6.44. The van der Waals surface area contributed by atoms with Crippen molar-refractivity contribution in [3.05, 3.63) is 46.4 Å². The Bertz CT molecular complexity index is 564. The number of nitrogens with two attached hydrogens (primary N) is 1. The average Bonchev–Trinajstić information content (AvgIpc) is 2.43. The summed E-state index contributed by atoms with van der Waals surface area (Å²) in [6.45, 7) is 0.556. The van der Waals surface area contributed by atoms with Crippen LogP contribution in [0.5, 0.6) is 0 Å². The third-order valence-corrected chi connectivity index (χ3v) is 3.32. The molecule has 7 heteroatoms. The fraction of sp³-hybridized carbons (Fsp3) is 0.167. The SMILES string of the molecule is NNc1ncnc(NCCc2ccccc2F)c1Br. The zero-order valence-corrected chi connectivity index (χ0v) is 11.6. The lowest BCUT2D eigenvalue weighted by Gasteiger charge is -2.10. The molecule has 0 saturated heterocycles. The van der Waals surface area contributed by atoms with Gasteiger partial charge in [-0.1, -0.05) is 18.2 Å². The highest BCUT2D eigenvalue weighted by molar-refractivity contribution is 9.10. The summed E-state index contributed by atoms with van der Waals surface area (Å²) in [6, 6.07) is 6.70. The summed E-state index contributed by atoms with van der Waals surface area (Å²) in [4.78, 5) is 8.03. The maximum Gasteiger partial charge on any atom is 0.159 e. The molecule has 0 aliphatic heterocycles. The number of benzene rings is 1. The molecule has 19 heavy (non-hydrogen) atoms. The van der Waals surface area contributed by atoms with E-state index in [1.807, 2.05) is 6.07 Å². The Morgan fingerprint density at radius 2 is 1.95 bits per heavy atom. The number of hydrogen-bond donors (Lipinski definition) is 3. The van der Waals surface area contributed by atoms with E-state index in [4.69, 9.17) is 5.84 Å². The number of rotatable bonds is 5. The summed E-state index contributed by atoms with van der Waals surface area (Å²) in [7, 11) is 0. The molecule has 1 heterocycles. The Morgan fingerprint density at radius 1 is 1.21 bits per heavy atom. The molecule has 0 unspecified atom stereocenters. The highest BCUT2D eigenvalue weighted by Crippen LogP contribution is 2.25. The fourth-order valence-corrected chi connectivity index (χ4v) is 2.07. The van der Waals surface area contributed by atoms with Crippen LogP contribution >= 0.6 is 15.9 Å². The number of hydrogen-bond acceptors (Lipinski definition) is 5.